The van der Waals surface area contributed by atoms with Gasteiger partial charge in [0.05, 0.1) is 0 Å². The minimum Gasteiger partial charge on any atom is -0.451 e. The second kappa shape index (κ2) is 6.41. The number of benzene rings is 2. The zero-order chi connectivity index (χ0) is 17.4. The van der Waals surface area contributed by atoms with Gasteiger partial charge >= 0.3 is 0 Å². The number of furan rings is 1. The summed E-state index contributed by atoms with van der Waals surface area (Å²) in [4.78, 5) is 15.7. The van der Waals surface area contributed by atoms with Crippen molar-refractivity contribution in [3.63, 3.8) is 0 Å². The Bertz CT molecular complexity index is 1080. The van der Waals surface area contributed by atoms with Crippen molar-refractivity contribution in [1.82, 2.24) is 10.3 Å². The summed E-state index contributed by atoms with van der Waals surface area (Å²) in [5.74, 6) is 0.205. The number of hydrogen-bond donors (Lipinski definition) is 2. The minimum atomic E-state index is -0.176. The van der Waals surface area contributed by atoms with Crippen molar-refractivity contribution in [2.24, 2.45) is 0 Å². The van der Waals surface area contributed by atoms with Crippen molar-refractivity contribution in [3.8, 4) is 0 Å². The second-order valence-electron chi connectivity index (χ2n) is 6.06. The highest BCUT2D eigenvalue weighted by Crippen LogP contribution is 2.28. The zero-order valence-electron chi connectivity index (χ0n) is 13.7. The average Bonchev–Trinajstić information content (AvgIpc) is 3.17. The quantitative estimate of drug-likeness (QED) is 0.512. The average molecular weight is 397 g/mol. The molecule has 5 heteroatoms. The number of aryl methyl sites for hydroxylation is 1. The predicted octanol–water partition coefficient (Wildman–Crippen LogP) is 4.96. The third-order valence-electron chi connectivity index (χ3n) is 4.46. The van der Waals surface area contributed by atoms with E-state index in [1.807, 2.05) is 49.5 Å². The lowest BCUT2D eigenvalue weighted by Crippen LogP contribution is -2.25. The molecular formula is C20H17BrN2O2. The molecule has 4 rings (SSSR count). The molecule has 1 amide bonds. The predicted molar refractivity (Wildman–Crippen MR) is 103 cm³/mol. The van der Waals surface area contributed by atoms with E-state index in [2.05, 4.69) is 32.3 Å². The van der Waals surface area contributed by atoms with Crippen LogP contribution in [0.5, 0.6) is 0 Å². The molecule has 4 aromatic rings. The Morgan fingerprint density at radius 2 is 2.04 bits per heavy atom. The number of H-pyrrole nitrogens is 1. The molecule has 0 spiro atoms. The number of halogens is 1. The van der Waals surface area contributed by atoms with Crippen molar-refractivity contribution >= 4 is 43.7 Å². The van der Waals surface area contributed by atoms with Gasteiger partial charge in [0.15, 0.2) is 5.76 Å². The van der Waals surface area contributed by atoms with Gasteiger partial charge in [-0.25, -0.2) is 0 Å². The molecule has 0 aliphatic carbocycles. The molecule has 0 unspecified atom stereocenters. The molecule has 0 aliphatic heterocycles. The van der Waals surface area contributed by atoms with Crippen LogP contribution in [0.4, 0.5) is 0 Å². The highest BCUT2D eigenvalue weighted by atomic mass is 79.9. The largest absolute Gasteiger partial charge is 0.451 e. The van der Waals surface area contributed by atoms with Gasteiger partial charge in [0.2, 0.25) is 0 Å². The molecule has 0 radical (unpaired) electrons. The molecular weight excluding hydrogens is 380 g/mol. The first kappa shape index (κ1) is 16.0. The summed E-state index contributed by atoms with van der Waals surface area (Å²) in [6.45, 7) is 2.47. The Morgan fingerprint density at radius 3 is 2.92 bits per heavy atom. The van der Waals surface area contributed by atoms with Crippen LogP contribution in [0, 0.1) is 6.92 Å². The number of aromatic nitrogens is 1. The number of amides is 1. The van der Waals surface area contributed by atoms with Crippen molar-refractivity contribution in [2.45, 2.75) is 13.3 Å². The maximum Gasteiger partial charge on any atom is 0.287 e. The molecule has 0 aliphatic rings. The molecule has 2 N–H and O–H groups in total. The third kappa shape index (κ3) is 2.96. The summed E-state index contributed by atoms with van der Waals surface area (Å²) < 4.78 is 6.70. The Balaban J connectivity index is 1.48. The molecule has 4 nitrogen and oxygen atoms in total. The summed E-state index contributed by atoms with van der Waals surface area (Å²) in [6.07, 6.45) is 2.77. The Morgan fingerprint density at radius 1 is 1.20 bits per heavy atom. The maximum absolute atomic E-state index is 12.5. The van der Waals surface area contributed by atoms with Crippen molar-refractivity contribution in [1.29, 1.82) is 0 Å². The molecule has 0 fully saturated rings. The van der Waals surface area contributed by atoms with Crippen molar-refractivity contribution in [3.05, 3.63) is 70.0 Å². The first-order valence-corrected chi connectivity index (χ1v) is 8.94. The van der Waals surface area contributed by atoms with Crippen molar-refractivity contribution < 1.29 is 9.21 Å². The molecule has 0 bridgehead atoms. The summed E-state index contributed by atoms with van der Waals surface area (Å²) in [5, 5.41) is 5.11. The van der Waals surface area contributed by atoms with Gasteiger partial charge in [0.1, 0.15) is 5.58 Å². The fraction of sp³-hybridized carbons (Fsp3) is 0.150. The fourth-order valence-corrected chi connectivity index (χ4v) is 3.50. The first-order valence-electron chi connectivity index (χ1n) is 8.15. The van der Waals surface area contributed by atoms with Crippen LogP contribution >= 0.6 is 15.9 Å². The van der Waals surface area contributed by atoms with Crippen LogP contribution in [0.25, 0.3) is 21.9 Å². The van der Waals surface area contributed by atoms with Crippen LogP contribution in [-0.4, -0.2) is 17.4 Å². The number of fused-ring (bicyclic) bond motifs is 2. The van der Waals surface area contributed by atoms with Gasteiger partial charge in [-0.05, 0) is 43.2 Å². The molecule has 25 heavy (non-hydrogen) atoms. The Hall–Kier alpha value is -2.53. The van der Waals surface area contributed by atoms with Gasteiger partial charge in [-0.3, -0.25) is 4.79 Å². The smallest absolute Gasteiger partial charge is 0.287 e. The number of nitrogens with one attached hydrogen (secondary N) is 2. The molecule has 2 aromatic heterocycles. The van der Waals surface area contributed by atoms with Crippen LogP contribution in [0.15, 0.2) is 57.6 Å². The zero-order valence-corrected chi connectivity index (χ0v) is 15.3. The van der Waals surface area contributed by atoms with E-state index in [4.69, 9.17) is 4.42 Å². The normalized spacial score (nSPS) is 11.3. The number of carbonyl (C=O) groups excluding carboxylic acids is 1. The lowest BCUT2D eigenvalue weighted by Gasteiger charge is -2.03. The van der Waals surface area contributed by atoms with Gasteiger partial charge in [-0.15, -0.1) is 0 Å². The maximum atomic E-state index is 12.5. The molecule has 2 aromatic carbocycles. The first-order chi connectivity index (χ1) is 12.1. The van der Waals surface area contributed by atoms with E-state index in [1.165, 1.54) is 10.9 Å². The Labute approximate surface area is 153 Å². The summed E-state index contributed by atoms with van der Waals surface area (Å²) in [6, 6.07) is 13.9. The number of carbonyl (C=O) groups is 1. The molecule has 0 saturated carbocycles. The van der Waals surface area contributed by atoms with Gasteiger partial charge in [-0.1, -0.05) is 34.1 Å². The van der Waals surface area contributed by atoms with E-state index >= 15 is 0 Å². The van der Waals surface area contributed by atoms with Gasteiger partial charge in [0.25, 0.3) is 5.91 Å². The van der Waals surface area contributed by atoms with E-state index in [0.717, 1.165) is 32.9 Å². The molecule has 126 valence electrons. The highest BCUT2D eigenvalue weighted by Gasteiger charge is 2.17. The van der Waals surface area contributed by atoms with Crippen LogP contribution in [0.3, 0.4) is 0 Å². The van der Waals surface area contributed by atoms with Crippen LogP contribution in [-0.2, 0) is 6.42 Å². The third-order valence-corrected chi connectivity index (χ3v) is 4.95. The topological polar surface area (TPSA) is 58.0 Å². The molecule has 0 saturated heterocycles. The summed E-state index contributed by atoms with van der Waals surface area (Å²) in [7, 11) is 0. The SMILES string of the molecule is Cc1c(C(=O)NCCc2c[nH]c3ccccc23)oc2ccc(Br)cc12. The minimum absolute atomic E-state index is 0.176. The van der Waals surface area contributed by atoms with Crippen LogP contribution in [0.2, 0.25) is 0 Å². The second-order valence-corrected chi connectivity index (χ2v) is 6.98. The van der Waals surface area contributed by atoms with Gasteiger partial charge in [0, 0.05) is 39.1 Å². The van der Waals surface area contributed by atoms with Crippen molar-refractivity contribution in [2.75, 3.05) is 6.54 Å². The Kier molecular flexibility index (Phi) is 4.09. The summed E-state index contributed by atoms with van der Waals surface area (Å²) >= 11 is 3.45. The number of hydrogen-bond acceptors (Lipinski definition) is 2. The molecule has 2 heterocycles. The number of rotatable bonds is 4. The monoisotopic (exact) mass is 396 g/mol. The van der Waals surface area contributed by atoms with E-state index in [-0.39, 0.29) is 5.91 Å². The highest BCUT2D eigenvalue weighted by molar-refractivity contribution is 9.10. The van der Waals surface area contributed by atoms with E-state index in [9.17, 15) is 4.79 Å². The van der Waals surface area contributed by atoms with Crippen LogP contribution < -0.4 is 5.32 Å². The lowest BCUT2D eigenvalue weighted by molar-refractivity contribution is 0.0928. The summed E-state index contributed by atoms with van der Waals surface area (Å²) in [5.41, 5.74) is 3.90. The van der Waals surface area contributed by atoms with Gasteiger partial charge < -0.3 is 14.7 Å². The number of para-hydroxylation sites is 1. The van der Waals surface area contributed by atoms with E-state index in [0.29, 0.717) is 12.3 Å². The van der Waals surface area contributed by atoms with E-state index < -0.39 is 0 Å². The number of aromatic amines is 1. The fourth-order valence-electron chi connectivity index (χ4n) is 3.14. The standard InChI is InChI=1S/C20H17BrN2O2/c1-12-16-10-14(21)6-7-18(16)25-19(12)20(24)22-9-8-13-11-23-17-5-3-2-4-15(13)17/h2-7,10-11,23H,8-9H2,1H3,(H,22,24). The van der Waals surface area contributed by atoms with E-state index in [1.54, 1.807) is 0 Å². The lowest BCUT2D eigenvalue weighted by atomic mass is 10.1. The van der Waals surface area contributed by atoms with Gasteiger partial charge in [-0.2, -0.15) is 0 Å². The van der Waals surface area contributed by atoms with Crippen LogP contribution in [0.1, 0.15) is 21.7 Å². The molecule has 0 atom stereocenters.